The Balaban J connectivity index is 2.16. The first-order chi connectivity index (χ1) is 7.72. The van der Waals surface area contributed by atoms with Crippen molar-refractivity contribution in [3.8, 4) is 0 Å². The topological polar surface area (TPSA) is 52.3 Å². The maximum atomic E-state index is 11.0. The molecule has 1 aromatic carbocycles. The number of carbonyl (C=O) groups excluding carboxylic acids is 1. The number of hydrogen-bond donors (Lipinski definition) is 1. The van der Waals surface area contributed by atoms with Crippen molar-refractivity contribution in [1.29, 1.82) is 0 Å². The number of aryl methyl sites for hydroxylation is 1. The normalized spacial score (nSPS) is 10.1. The fourth-order valence-electron chi connectivity index (χ4n) is 1.23. The highest BCUT2D eigenvalue weighted by molar-refractivity contribution is 7.99. The quantitative estimate of drug-likeness (QED) is 0.469. The van der Waals surface area contributed by atoms with Gasteiger partial charge in [-0.2, -0.15) is 0 Å². The molecule has 4 heteroatoms. The number of carbonyl (C=O) groups is 1. The lowest BCUT2D eigenvalue weighted by atomic mass is 10.2. The maximum Gasteiger partial charge on any atom is 0.315 e. The van der Waals surface area contributed by atoms with Gasteiger partial charge in [-0.05, 0) is 36.8 Å². The van der Waals surface area contributed by atoms with Crippen molar-refractivity contribution in [3.63, 3.8) is 0 Å². The largest absolute Gasteiger partial charge is 0.465 e. The number of anilines is 1. The van der Waals surface area contributed by atoms with Crippen LogP contribution in [-0.2, 0) is 16.0 Å². The van der Waals surface area contributed by atoms with Gasteiger partial charge in [0, 0.05) is 5.69 Å². The molecule has 0 aromatic heterocycles. The van der Waals surface area contributed by atoms with Crippen LogP contribution in [0.5, 0.6) is 0 Å². The van der Waals surface area contributed by atoms with Crippen LogP contribution in [0.1, 0.15) is 12.5 Å². The van der Waals surface area contributed by atoms with Crippen molar-refractivity contribution in [2.75, 3.05) is 23.8 Å². The predicted octanol–water partition coefficient (Wildman–Crippen LogP) is 2.11. The van der Waals surface area contributed by atoms with E-state index < -0.39 is 0 Å². The van der Waals surface area contributed by atoms with Crippen LogP contribution in [0.2, 0.25) is 0 Å². The summed E-state index contributed by atoms with van der Waals surface area (Å²) in [4.78, 5) is 11.0. The Kier molecular flexibility index (Phi) is 5.78. The molecule has 0 heterocycles. The summed E-state index contributed by atoms with van der Waals surface area (Å²) in [5.41, 5.74) is 7.61. The maximum absolute atomic E-state index is 11.0. The number of hydrogen-bond acceptors (Lipinski definition) is 4. The van der Waals surface area contributed by atoms with Crippen molar-refractivity contribution in [3.05, 3.63) is 29.8 Å². The van der Waals surface area contributed by atoms with E-state index in [2.05, 4.69) is 0 Å². The number of esters is 1. The van der Waals surface area contributed by atoms with Crippen molar-refractivity contribution >= 4 is 23.4 Å². The molecule has 0 saturated carbocycles. The molecule has 88 valence electrons. The Hall–Kier alpha value is -1.16. The van der Waals surface area contributed by atoms with E-state index >= 15 is 0 Å². The molecule has 0 fully saturated rings. The summed E-state index contributed by atoms with van der Waals surface area (Å²) in [5.74, 6) is 1.22. The van der Waals surface area contributed by atoms with Crippen LogP contribution in [0.15, 0.2) is 24.3 Å². The Labute approximate surface area is 100 Å². The number of ether oxygens (including phenoxy) is 1. The van der Waals surface area contributed by atoms with Gasteiger partial charge in [0.1, 0.15) is 0 Å². The number of rotatable bonds is 6. The Morgan fingerprint density at radius 1 is 1.38 bits per heavy atom. The van der Waals surface area contributed by atoms with Gasteiger partial charge in [0.05, 0.1) is 12.4 Å². The predicted molar refractivity (Wildman–Crippen MR) is 68.5 cm³/mol. The van der Waals surface area contributed by atoms with Crippen LogP contribution in [0.4, 0.5) is 5.69 Å². The lowest BCUT2D eigenvalue weighted by Crippen LogP contribution is -2.07. The van der Waals surface area contributed by atoms with Crippen molar-refractivity contribution in [2.24, 2.45) is 0 Å². The lowest BCUT2D eigenvalue weighted by molar-refractivity contribution is -0.139. The second-order valence-corrected chi connectivity index (χ2v) is 4.45. The summed E-state index contributed by atoms with van der Waals surface area (Å²) in [6, 6.07) is 7.82. The van der Waals surface area contributed by atoms with Crippen LogP contribution >= 0.6 is 11.8 Å². The van der Waals surface area contributed by atoms with Gasteiger partial charge in [0.25, 0.3) is 0 Å². The van der Waals surface area contributed by atoms with E-state index in [1.807, 2.05) is 31.2 Å². The third-order valence-electron chi connectivity index (χ3n) is 2.04. The molecule has 1 aromatic rings. The van der Waals surface area contributed by atoms with Gasteiger partial charge in [0.15, 0.2) is 0 Å². The van der Waals surface area contributed by atoms with E-state index in [0.29, 0.717) is 12.4 Å². The Morgan fingerprint density at radius 3 is 2.69 bits per heavy atom. The van der Waals surface area contributed by atoms with Gasteiger partial charge in [0.2, 0.25) is 0 Å². The first kappa shape index (κ1) is 12.9. The van der Waals surface area contributed by atoms with Gasteiger partial charge in [-0.25, -0.2) is 0 Å². The van der Waals surface area contributed by atoms with Crippen molar-refractivity contribution in [1.82, 2.24) is 0 Å². The zero-order valence-electron chi connectivity index (χ0n) is 9.44. The molecule has 0 atom stereocenters. The molecular weight excluding hydrogens is 222 g/mol. The SMILES string of the molecule is CCOC(=O)CSCCc1ccc(N)cc1. The summed E-state index contributed by atoms with van der Waals surface area (Å²) >= 11 is 1.59. The first-order valence-corrected chi connectivity index (χ1v) is 6.45. The van der Waals surface area contributed by atoms with Crippen LogP contribution in [-0.4, -0.2) is 24.1 Å². The first-order valence-electron chi connectivity index (χ1n) is 5.30. The molecular formula is C12H17NO2S. The molecule has 3 nitrogen and oxygen atoms in total. The number of thioether (sulfide) groups is 1. The third-order valence-corrected chi connectivity index (χ3v) is 2.97. The summed E-state index contributed by atoms with van der Waals surface area (Å²) in [6.07, 6.45) is 0.949. The van der Waals surface area contributed by atoms with Gasteiger partial charge in [-0.3, -0.25) is 4.79 Å². The Morgan fingerprint density at radius 2 is 2.06 bits per heavy atom. The van der Waals surface area contributed by atoms with Gasteiger partial charge < -0.3 is 10.5 Å². The molecule has 0 spiro atoms. The average molecular weight is 239 g/mol. The molecule has 2 N–H and O–H groups in total. The minimum absolute atomic E-state index is 0.134. The van der Waals surface area contributed by atoms with Crippen LogP contribution < -0.4 is 5.73 Å². The molecule has 0 aliphatic heterocycles. The number of nitrogen functional groups attached to an aromatic ring is 1. The highest BCUT2D eigenvalue weighted by Gasteiger charge is 2.01. The van der Waals surface area contributed by atoms with Crippen LogP contribution in [0.3, 0.4) is 0 Å². The highest BCUT2D eigenvalue weighted by atomic mass is 32.2. The van der Waals surface area contributed by atoms with E-state index in [0.717, 1.165) is 17.9 Å². The second kappa shape index (κ2) is 7.17. The Bertz CT molecular complexity index is 324. The summed E-state index contributed by atoms with van der Waals surface area (Å²) in [7, 11) is 0. The van der Waals surface area contributed by atoms with Gasteiger partial charge in [-0.1, -0.05) is 12.1 Å². The summed E-state index contributed by atoms with van der Waals surface area (Å²) in [6.45, 7) is 2.27. The van der Waals surface area contributed by atoms with Crippen molar-refractivity contribution in [2.45, 2.75) is 13.3 Å². The molecule has 0 unspecified atom stereocenters. The molecule has 1 rings (SSSR count). The monoisotopic (exact) mass is 239 g/mol. The fourth-order valence-corrected chi connectivity index (χ4v) is 2.01. The third kappa shape index (κ3) is 5.07. The average Bonchev–Trinajstić information content (AvgIpc) is 2.27. The van der Waals surface area contributed by atoms with E-state index in [9.17, 15) is 4.79 Å². The van der Waals surface area contributed by atoms with E-state index in [-0.39, 0.29) is 5.97 Å². The van der Waals surface area contributed by atoms with Gasteiger partial charge in [-0.15, -0.1) is 11.8 Å². The fraction of sp³-hybridized carbons (Fsp3) is 0.417. The van der Waals surface area contributed by atoms with Gasteiger partial charge >= 0.3 is 5.97 Å². The smallest absolute Gasteiger partial charge is 0.315 e. The second-order valence-electron chi connectivity index (χ2n) is 3.35. The highest BCUT2D eigenvalue weighted by Crippen LogP contribution is 2.09. The molecule has 16 heavy (non-hydrogen) atoms. The van der Waals surface area contributed by atoms with E-state index in [1.165, 1.54) is 5.56 Å². The molecule has 0 amide bonds. The standard InChI is InChI=1S/C12H17NO2S/c1-2-15-12(14)9-16-8-7-10-3-5-11(13)6-4-10/h3-6H,2,7-9,13H2,1H3. The molecule has 0 aliphatic carbocycles. The van der Waals surface area contributed by atoms with Crippen LogP contribution in [0.25, 0.3) is 0 Å². The number of nitrogens with two attached hydrogens (primary N) is 1. The molecule has 0 saturated heterocycles. The summed E-state index contributed by atoms with van der Waals surface area (Å²) in [5, 5.41) is 0. The summed E-state index contributed by atoms with van der Waals surface area (Å²) < 4.78 is 4.83. The zero-order chi connectivity index (χ0) is 11.8. The lowest BCUT2D eigenvalue weighted by Gasteiger charge is -2.03. The minimum atomic E-state index is -0.134. The number of benzene rings is 1. The van der Waals surface area contributed by atoms with E-state index in [1.54, 1.807) is 11.8 Å². The molecule has 0 radical (unpaired) electrons. The van der Waals surface area contributed by atoms with Crippen molar-refractivity contribution < 1.29 is 9.53 Å². The molecule has 0 bridgehead atoms. The minimum Gasteiger partial charge on any atom is -0.465 e. The molecule has 0 aliphatic rings. The zero-order valence-corrected chi connectivity index (χ0v) is 10.3. The van der Waals surface area contributed by atoms with E-state index in [4.69, 9.17) is 10.5 Å². The van der Waals surface area contributed by atoms with Crippen LogP contribution in [0, 0.1) is 0 Å².